The molecule has 2 aliphatic rings. The van der Waals surface area contributed by atoms with Crippen LogP contribution in [0.3, 0.4) is 0 Å². The van der Waals surface area contributed by atoms with Crippen LogP contribution in [0.4, 0.5) is 4.79 Å². The quantitative estimate of drug-likeness (QED) is 0.655. The van der Waals surface area contributed by atoms with Gasteiger partial charge in [-0.3, -0.25) is 19.4 Å². The molecule has 11 nitrogen and oxygen atoms in total. The molecular formula is C15H24N6O5. The zero-order chi connectivity index (χ0) is 18.8. The Kier molecular flexibility index (Phi) is 7.80. The summed E-state index contributed by atoms with van der Waals surface area (Å²) < 4.78 is 6.81. The van der Waals surface area contributed by atoms with E-state index in [1.165, 1.54) is 4.90 Å². The van der Waals surface area contributed by atoms with Crippen molar-refractivity contribution in [2.24, 2.45) is 0 Å². The zero-order valence-corrected chi connectivity index (χ0v) is 14.6. The molecule has 0 unspecified atom stereocenters. The summed E-state index contributed by atoms with van der Waals surface area (Å²) in [4.78, 5) is 37.8. The lowest BCUT2D eigenvalue weighted by atomic mass is 10.3. The molecule has 0 aliphatic carbocycles. The first-order chi connectivity index (χ1) is 12.6. The van der Waals surface area contributed by atoms with Gasteiger partial charge in [-0.25, -0.2) is 4.79 Å². The van der Waals surface area contributed by atoms with Crippen molar-refractivity contribution in [3.05, 3.63) is 12.7 Å². The number of cyclic esters (lactones) is 1. The lowest BCUT2D eigenvalue weighted by Gasteiger charge is -2.23. The third-order valence-electron chi connectivity index (χ3n) is 4.25. The Bertz CT molecular complexity index is 581. The van der Waals surface area contributed by atoms with Gasteiger partial charge in [-0.1, -0.05) is 0 Å². The minimum Gasteiger partial charge on any atom is -0.483 e. The minimum atomic E-state index is -0.385. The summed E-state index contributed by atoms with van der Waals surface area (Å²) in [6.45, 7) is 5.77. The topological polar surface area (TPSA) is 121 Å². The molecule has 1 aromatic heterocycles. The molecule has 2 fully saturated rings. The molecule has 2 amide bonds. The molecule has 0 atom stereocenters. The molecule has 0 bridgehead atoms. The molecule has 26 heavy (non-hydrogen) atoms. The van der Waals surface area contributed by atoms with Crippen molar-refractivity contribution in [2.45, 2.75) is 13.0 Å². The van der Waals surface area contributed by atoms with E-state index in [9.17, 15) is 9.59 Å². The molecule has 3 heterocycles. The van der Waals surface area contributed by atoms with Crippen LogP contribution >= 0.6 is 0 Å². The molecular weight excluding hydrogens is 344 g/mol. The first kappa shape index (κ1) is 19.6. The number of nitrogens with zero attached hydrogens (tertiary/aromatic N) is 6. The van der Waals surface area contributed by atoms with Gasteiger partial charge in [-0.05, 0) is 13.0 Å². The van der Waals surface area contributed by atoms with Crippen molar-refractivity contribution in [2.75, 3.05) is 52.4 Å². The van der Waals surface area contributed by atoms with Crippen LogP contribution in [0.1, 0.15) is 6.42 Å². The van der Waals surface area contributed by atoms with Gasteiger partial charge in [0, 0.05) is 32.7 Å². The predicted octanol–water partition coefficient (Wildman–Crippen LogP) is -1.03. The van der Waals surface area contributed by atoms with Crippen molar-refractivity contribution < 1.29 is 24.2 Å². The van der Waals surface area contributed by atoms with E-state index in [0.29, 0.717) is 19.7 Å². The highest BCUT2D eigenvalue weighted by atomic mass is 16.6. The van der Waals surface area contributed by atoms with Crippen molar-refractivity contribution in [3.8, 4) is 0 Å². The summed E-state index contributed by atoms with van der Waals surface area (Å²) in [5.74, 6) is 0.00418. The van der Waals surface area contributed by atoms with E-state index in [2.05, 4.69) is 15.1 Å². The van der Waals surface area contributed by atoms with E-state index in [0.717, 1.165) is 39.1 Å². The summed E-state index contributed by atoms with van der Waals surface area (Å²) >= 11 is 0. The van der Waals surface area contributed by atoms with Crippen molar-refractivity contribution in [1.29, 1.82) is 0 Å². The second kappa shape index (κ2) is 10.3. The number of carbonyl (C=O) groups excluding carboxylic acids is 2. The highest BCUT2D eigenvalue weighted by Crippen LogP contribution is 2.07. The Hall–Kier alpha value is -2.69. The highest BCUT2D eigenvalue weighted by Gasteiger charge is 2.27. The first-order valence-corrected chi connectivity index (χ1v) is 8.46. The van der Waals surface area contributed by atoms with Crippen LogP contribution in [0.25, 0.3) is 0 Å². The van der Waals surface area contributed by atoms with Gasteiger partial charge >= 0.3 is 6.09 Å². The first-order valence-electron chi connectivity index (χ1n) is 8.46. The van der Waals surface area contributed by atoms with Crippen LogP contribution in [-0.2, 0) is 20.9 Å². The van der Waals surface area contributed by atoms with Crippen LogP contribution in [0, 0.1) is 0 Å². The van der Waals surface area contributed by atoms with E-state index in [4.69, 9.17) is 14.6 Å². The van der Waals surface area contributed by atoms with Crippen LogP contribution in [0.5, 0.6) is 0 Å². The lowest BCUT2D eigenvalue weighted by molar-refractivity contribution is -0.131. The van der Waals surface area contributed by atoms with Gasteiger partial charge in [0.1, 0.15) is 25.8 Å². The molecule has 0 saturated carbocycles. The average Bonchev–Trinajstić information content (AvgIpc) is 3.21. The number of carboxylic acid groups (broad SMARTS) is 1. The number of rotatable bonds is 5. The molecule has 0 radical (unpaired) electrons. The smallest absolute Gasteiger partial charge is 0.410 e. The van der Waals surface area contributed by atoms with Gasteiger partial charge in [0.05, 0.1) is 6.54 Å². The largest absolute Gasteiger partial charge is 0.483 e. The fraction of sp³-hybridized carbons (Fsp3) is 0.667. The second-order valence-corrected chi connectivity index (χ2v) is 5.92. The molecule has 1 N–H and O–H groups in total. The van der Waals surface area contributed by atoms with Gasteiger partial charge in [-0.15, -0.1) is 10.2 Å². The van der Waals surface area contributed by atoms with E-state index in [1.54, 1.807) is 12.7 Å². The van der Waals surface area contributed by atoms with Gasteiger partial charge in [-0.2, -0.15) is 0 Å². The summed E-state index contributed by atoms with van der Waals surface area (Å²) in [7, 11) is 0. The number of amides is 2. The molecule has 3 rings (SSSR count). The molecule has 1 aromatic rings. The van der Waals surface area contributed by atoms with Gasteiger partial charge < -0.3 is 19.3 Å². The van der Waals surface area contributed by atoms with Gasteiger partial charge in [0.15, 0.2) is 0 Å². The van der Waals surface area contributed by atoms with E-state index in [1.807, 2.05) is 9.47 Å². The molecule has 0 spiro atoms. The summed E-state index contributed by atoms with van der Waals surface area (Å²) in [5.41, 5.74) is 0. The van der Waals surface area contributed by atoms with E-state index >= 15 is 0 Å². The van der Waals surface area contributed by atoms with Crippen LogP contribution in [0.2, 0.25) is 0 Å². The standard InChI is InChI=1S/C14H22N6O3.CH2O2/c21-13(10-20-8-9-23-14(20)22)19-3-1-2-17(6-7-19)4-5-18-11-15-16-12-18;2-1-3/h11-12H,1-10H2;1H,(H,2,3). The number of carbonyl (C=O) groups is 3. The molecule has 0 aromatic carbocycles. The Balaban J connectivity index is 0.000000758. The Labute approximate surface area is 151 Å². The van der Waals surface area contributed by atoms with Crippen LogP contribution in [-0.4, -0.2) is 105 Å². The van der Waals surface area contributed by atoms with Crippen LogP contribution < -0.4 is 0 Å². The molecule has 144 valence electrons. The monoisotopic (exact) mass is 368 g/mol. The van der Waals surface area contributed by atoms with Gasteiger partial charge in [0.25, 0.3) is 6.47 Å². The summed E-state index contributed by atoms with van der Waals surface area (Å²) in [6.07, 6.45) is 3.98. The molecule has 11 heteroatoms. The Morgan fingerprint density at radius 3 is 2.54 bits per heavy atom. The Morgan fingerprint density at radius 2 is 1.88 bits per heavy atom. The maximum absolute atomic E-state index is 12.3. The second-order valence-electron chi connectivity index (χ2n) is 5.92. The third kappa shape index (κ3) is 5.99. The number of hydrogen-bond donors (Lipinski definition) is 1. The summed E-state index contributed by atoms with van der Waals surface area (Å²) in [6, 6.07) is 0. The Morgan fingerprint density at radius 1 is 1.15 bits per heavy atom. The SMILES string of the molecule is O=C(CN1CCOC1=O)N1CCCN(CCn2cnnc2)CC1.O=CO. The highest BCUT2D eigenvalue weighted by molar-refractivity contribution is 5.82. The van der Waals surface area contributed by atoms with Crippen molar-refractivity contribution in [3.63, 3.8) is 0 Å². The fourth-order valence-corrected chi connectivity index (χ4v) is 2.87. The fourth-order valence-electron chi connectivity index (χ4n) is 2.87. The number of aromatic nitrogens is 3. The van der Waals surface area contributed by atoms with E-state index in [-0.39, 0.29) is 25.0 Å². The third-order valence-corrected chi connectivity index (χ3v) is 4.25. The molecule has 2 saturated heterocycles. The maximum Gasteiger partial charge on any atom is 0.410 e. The number of hydrogen-bond acceptors (Lipinski definition) is 7. The van der Waals surface area contributed by atoms with Crippen molar-refractivity contribution in [1.82, 2.24) is 29.5 Å². The van der Waals surface area contributed by atoms with Crippen molar-refractivity contribution >= 4 is 18.5 Å². The van der Waals surface area contributed by atoms with E-state index < -0.39 is 0 Å². The number of ether oxygens (including phenoxy) is 1. The zero-order valence-electron chi connectivity index (χ0n) is 14.6. The predicted molar refractivity (Wildman–Crippen MR) is 89.3 cm³/mol. The average molecular weight is 368 g/mol. The lowest BCUT2D eigenvalue weighted by Crippen LogP contribution is -2.42. The molecule has 2 aliphatic heterocycles. The van der Waals surface area contributed by atoms with Gasteiger partial charge in [0.2, 0.25) is 5.91 Å². The minimum absolute atomic E-state index is 0.00418. The maximum atomic E-state index is 12.3. The summed E-state index contributed by atoms with van der Waals surface area (Å²) in [5, 5.41) is 14.5. The normalized spacial score (nSPS) is 17.9. The van der Waals surface area contributed by atoms with Crippen LogP contribution in [0.15, 0.2) is 12.7 Å².